The van der Waals surface area contributed by atoms with Gasteiger partial charge in [-0.3, -0.25) is 0 Å². The topological polar surface area (TPSA) is 33.0 Å². The first-order valence-electron chi connectivity index (χ1n) is 7.03. The van der Waals surface area contributed by atoms with E-state index in [0.29, 0.717) is 12.4 Å². The zero-order chi connectivity index (χ0) is 15.1. The first-order valence-corrected chi connectivity index (χ1v) is 7.03. The maximum Gasteiger partial charge on any atom is 0.123 e. The molecule has 21 heavy (non-hydrogen) atoms. The molecule has 0 N–H and O–H groups in total. The van der Waals surface area contributed by atoms with E-state index in [1.807, 2.05) is 31.2 Å². The van der Waals surface area contributed by atoms with E-state index in [9.17, 15) is 9.65 Å². The van der Waals surface area contributed by atoms with E-state index in [0.717, 1.165) is 18.4 Å². The van der Waals surface area contributed by atoms with Gasteiger partial charge in [0.05, 0.1) is 18.6 Å². The Hall–Kier alpha value is -2.34. The Morgan fingerprint density at radius 3 is 2.38 bits per heavy atom. The van der Waals surface area contributed by atoms with Crippen molar-refractivity contribution in [2.45, 2.75) is 25.7 Å². The lowest BCUT2D eigenvalue weighted by atomic mass is 9.95. The van der Waals surface area contributed by atoms with E-state index in [1.54, 1.807) is 12.1 Å². The average Bonchev–Trinajstić information content (AvgIpc) is 2.50. The van der Waals surface area contributed by atoms with Crippen molar-refractivity contribution in [3.05, 3.63) is 65.5 Å². The fourth-order valence-electron chi connectivity index (χ4n) is 2.11. The molecule has 0 saturated carbocycles. The largest absolute Gasteiger partial charge is 0.494 e. The number of ether oxygens (including phenoxy) is 1. The van der Waals surface area contributed by atoms with E-state index in [-0.39, 0.29) is 11.7 Å². The quantitative estimate of drug-likeness (QED) is 0.726. The van der Waals surface area contributed by atoms with Crippen molar-refractivity contribution in [3.8, 4) is 11.8 Å². The van der Waals surface area contributed by atoms with Gasteiger partial charge in [0.1, 0.15) is 11.6 Å². The summed E-state index contributed by atoms with van der Waals surface area (Å²) < 4.78 is 18.3. The lowest BCUT2D eigenvalue weighted by molar-refractivity contribution is 0.304. The number of hydrogen-bond donors (Lipinski definition) is 0. The van der Waals surface area contributed by atoms with Crippen molar-refractivity contribution >= 4 is 0 Å². The Morgan fingerprint density at radius 2 is 1.76 bits per heavy atom. The summed E-state index contributed by atoms with van der Waals surface area (Å²) in [6.45, 7) is 2.55. The van der Waals surface area contributed by atoms with Crippen molar-refractivity contribution in [2.24, 2.45) is 0 Å². The predicted molar refractivity (Wildman–Crippen MR) is 80.7 cm³/mol. The SMILES string of the molecule is Cc1ccc(C(C#N)CCCOc2ccc(F)cc2)cc1. The number of rotatable bonds is 6. The van der Waals surface area contributed by atoms with Gasteiger partial charge in [-0.1, -0.05) is 29.8 Å². The maximum atomic E-state index is 12.8. The van der Waals surface area contributed by atoms with Crippen molar-refractivity contribution in [3.63, 3.8) is 0 Å². The molecular formula is C18H18FNO. The average molecular weight is 283 g/mol. The fraction of sp³-hybridized carbons (Fsp3) is 0.278. The molecule has 0 spiro atoms. The van der Waals surface area contributed by atoms with Gasteiger partial charge in [0.15, 0.2) is 0 Å². The Morgan fingerprint density at radius 1 is 1.10 bits per heavy atom. The van der Waals surface area contributed by atoms with Crippen LogP contribution in [0.3, 0.4) is 0 Å². The van der Waals surface area contributed by atoms with Crippen LogP contribution in [0, 0.1) is 24.1 Å². The number of hydrogen-bond acceptors (Lipinski definition) is 2. The number of benzene rings is 2. The van der Waals surface area contributed by atoms with Crippen LogP contribution in [-0.4, -0.2) is 6.61 Å². The molecule has 1 atom stereocenters. The second-order valence-electron chi connectivity index (χ2n) is 5.04. The van der Waals surface area contributed by atoms with E-state index in [2.05, 4.69) is 6.07 Å². The Kier molecular flexibility index (Phi) is 5.34. The summed E-state index contributed by atoms with van der Waals surface area (Å²) in [4.78, 5) is 0. The van der Waals surface area contributed by atoms with Gasteiger partial charge in [0.25, 0.3) is 0 Å². The molecule has 0 heterocycles. The van der Waals surface area contributed by atoms with E-state index < -0.39 is 0 Å². The summed E-state index contributed by atoms with van der Waals surface area (Å²) in [5, 5.41) is 9.26. The minimum Gasteiger partial charge on any atom is -0.494 e. The molecule has 0 saturated heterocycles. The van der Waals surface area contributed by atoms with Crippen molar-refractivity contribution in [1.29, 1.82) is 5.26 Å². The highest BCUT2D eigenvalue weighted by atomic mass is 19.1. The predicted octanol–water partition coefficient (Wildman–Crippen LogP) is 4.60. The van der Waals surface area contributed by atoms with Gasteiger partial charge in [0, 0.05) is 0 Å². The third kappa shape index (κ3) is 4.61. The third-order valence-corrected chi connectivity index (χ3v) is 3.36. The minimum atomic E-state index is -0.272. The normalized spacial score (nSPS) is 11.7. The minimum absolute atomic E-state index is 0.109. The highest BCUT2D eigenvalue weighted by Crippen LogP contribution is 2.21. The first-order chi connectivity index (χ1) is 10.2. The van der Waals surface area contributed by atoms with Crippen LogP contribution in [0.25, 0.3) is 0 Å². The van der Waals surface area contributed by atoms with Crippen LogP contribution in [0.15, 0.2) is 48.5 Å². The van der Waals surface area contributed by atoms with E-state index in [1.165, 1.54) is 17.7 Å². The molecule has 1 unspecified atom stereocenters. The van der Waals surface area contributed by atoms with Gasteiger partial charge in [-0.15, -0.1) is 0 Å². The molecule has 0 aliphatic carbocycles. The van der Waals surface area contributed by atoms with Crippen LogP contribution < -0.4 is 4.74 Å². The zero-order valence-electron chi connectivity index (χ0n) is 12.1. The van der Waals surface area contributed by atoms with Gasteiger partial charge in [0.2, 0.25) is 0 Å². The fourth-order valence-corrected chi connectivity index (χ4v) is 2.11. The van der Waals surface area contributed by atoms with Gasteiger partial charge in [-0.25, -0.2) is 4.39 Å². The molecule has 2 aromatic rings. The number of nitriles is 1. The summed E-state index contributed by atoms with van der Waals surface area (Å²) in [6.07, 6.45) is 1.53. The molecule has 0 aromatic heterocycles. The van der Waals surface area contributed by atoms with Crippen LogP contribution in [0.4, 0.5) is 4.39 Å². The summed E-state index contributed by atoms with van der Waals surface area (Å²) in [7, 11) is 0. The zero-order valence-corrected chi connectivity index (χ0v) is 12.1. The maximum absolute atomic E-state index is 12.8. The molecule has 108 valence electrons. The molecule has 0 aliphatic heterocycles. The number of halogens is 1. The van der Waals surface area contributed by atoms with Gasteiger partial charge in [-0.2, -0.15) is 5.26 Å². The van der Waals surface area contributed by atoms with Crippen molar-refractivity contribution < 1.29 is 9.13 Å². The second-order valence-corrected chi connectivity index (χ2v) is 5.04. The second kappa shape index (κ2) is 7.44. The molecule has 2 aromatic carbocycles. The highest BCUT2D eigenvalue weighted by molar-refractivity contribution is 5.28. The Labute approximate surface area is 124 Å². The lowest BCUT2D eigenvalue weighted by Gasteiger charge is -2.10. The molecular weight excluding hydrogens is 265 g/mol. The molecule has 0 radical (unpaired) electrons. The monoisotopic (exact) mass is 283 g/mol. The van der Waals surface area contributed by atoms with Crippen LogP contribution in [0.2, 0.25) is 0 Å². The van der Waals surface area contributed by atoms with Gasteiger partial charge in [-0.05, 0) is 49.6 Å². The molecule has 0 fully saturated rings. The van der Waals surface area contributed by atoms with E-state index >= 15 is 0 Å². The highest BCUT2D eigenvalue weighted by Gasteiger charge is 2.10. The Bertz CT molecular complexity index is 599. The van der Waals surface area contributed by atoms with Crippen LogP contribution in [-0.2, 0) is 0 Å². The molecule has 2 rings (SSSR count). The summed E-state index contributed by atoms with van der Waals surface area (Å²) in [5.41, 5.74) is 2.24. The third-order valence-electron chi connectivity index (χ3n) is 3.36. The number of aryl methyl sites for hydroxylation is 1. The van der Waals surface area contributed by atoms with Crippen LogP contribution in [0.1, 0.15) is 29.9 Å². The van der Waals surface area contributed by atoms with Crippen LogP contribution >= 0.6 is 0 Å². The summed E-state index contributed by atoms with van der Waals surface area (Å²) in [5.74, 6) is 0.272. The molecule has 2 nitrogen and oxygen atoms in total. The first kappa shape index (κ1) is 15.1. The van der Waals surface area contributed by atoms with Crippen LogP contribution in [0.5, 0.6) is 5.75 Å². The summed E-state index contributed by atoms with van der Waals surface area (Å²) >= 11 is 0. The molecule has 0 amide bonds. The lowest BCUT2D eigenvalue weighted by Crippen LogP contribution is -2.02. The standard InChI is InChI=1S/C18H18FNO/c1-14-4-6-15(7-5-14)16(13-20)3-2-12-21-18-10-8-17(19)9-11-18/h4-11,16H,2-3,12H2,1H3. The van der Waals surface area contributed by atoms with Crippen molar-refractivity contribution in [2.75, 3.05) is 6.61 Å². The molecule has 3 heteroatoms. The van der Waals surface area contributed by atoms with E-state index in [4.69, 9.17) is 4.74 Å². The number of nitrogens with zero attached hydrogens (tertiary/aromatic N) is 1. The summed E-state index contributed by atoms with van der Waals surface area (Å²) in [6, 6.07) is 16.4. The van der Waals surface area contributed by atoms with Crippen molar-refractivity contribution in [1.82, 2.24) is 0 Å². The molecule has 0 aliphatic rings. The smallest absolute Gasteiger partial charge is 0.123 e. The van der Waals surface area contributed by atoms with Gasteiger partial charge < -0.3 is 4.74 Å². The van der Waals surface area contributed by atoms with Gasteiger partial charge >= 0.3 is 0 Å². The Balaban J connectivity index is 1.80. The molecule has 0 bridgehead atoms.